The molecule has 1 heterocycles. The van der Waals surface area contributed by atoms with E-state index in [0.717, 1.165) is 21.5 Å². The molecule has 0 amide bonds. The number of nitrogens with zero attached hydrogens (tertiary/aromatic N) is 2. The number of aromatic nitrogens is 1. The van der Waals surface area contributed by atoms with Crippen molar-refractivity contribution in [3.05, 3.63) is 51.8 Å². The molecule has 0 N–H and O–H groups in total. The second kappa shape index (κ2) is 4.15. The quantitative estimate of drug-likeness (QED) is 0.779. The fourth-order valence-electron chi connectivity index (χ4n) is 1.80. The molecule has 0 radical (unpaired) electrons. The molecule has 80 valence electrons. The topological polar surface area (TPSA) is 28.7 Å². The molecule has 0 aliphatic heterocycles. The number of benzene rings is 1. The fraction of sp³-hybridized carbons (Fsp3) is 0.154. The van der Waals surface area contributed by atoms with Crippen molar-refractivity contribution in [3.63, 3.8) is 0 Å². The second-order valence-corrected chi connectivity index (χ2v) is 4.58. The second-order valence-electron chi connectivity index (χ2n) is 3.73. The predicted molar refractivity (Wildman–Crippen MR) is 67.7 cm³/mol. The predicted octanol–water partition coefficient (Wildman–Crippen LogP) is 3.73. The highest BCUT2D eigenvalue weighted by atomic mass is 79.9. The van der Waals surface area contributed by atoms with Crippen LogP contribution in [-0.4, -0.2) is 4.57 Å². The zero-order valence-corrected chi connectivity index (χ0v) is 10.7. The van der Waals surface area contributed by atoms with Crippen LogP contribution in [0.3, 0.4) is 0 Å². The molecule has 2 rings (SSSR count). The van der Waals surface area contributed by atoms with E-state index in [2.05, 4.69) is 52.5 Å². The third kappa shape index (κ3) is 1.77. The first-order valence-electron chi connectivity index (χ1n) is 4.98. The van der Waals surface area contributed by atoms with Gasteiger partial charge in [0, 0.05) is 15.9 Å². The standard InChI is InChI=1S/C13H11BrN2/c1-9-3-4-10(2)16(9)13-7-11(8-15)5-6-12(13)14/h3-7H,1-2H3. The Morgan fingerprint density at radius 3 is 2.31 bits per heavy atom. The summed E-state index contributed by atoms with van der Waals surface area (Å²) in [5, 5.41) is 8.91. The average Bonchev–Trinajstić information content (AvgIpc) is 2.60. The van der Waals surface area contributed by atoms with Crippen LogP contribution in [0.2, 0.25) is 0 Å². The Bertz CT molecular complexity index is 557. The molecule has 3 heteroatoms. The van der Waals surface area contributed by atoms with Crippen LogP contribution in [0.25, 0.3) is 5.69 Å². The molecule has 1 aromatic carbocycles. The van der Waals surface area contributed by atoms with E-state index in [-0.39, 0.29) is 0 Å². The maximum Gasteiger partial charge on any atom is 0.0992 e. The van der Waals surface area contributed by atoms with Gasteiger partial charge in [-0.2, -0.15) is 5.26 Å². The van der Waals surface area contributed by atoms with Crippen LogP contribution < -0.4 is 0 Å². The molecular weight excluding hydrogens is 264 g/mol. The average molecular weight is 275 g/mol. The van der Waals surface area contributed by atoms with Crippen molar-refractivity contribution >= 4 is 15.9 Å². The van der Waals surface area contributed by atoms with Crippen molar-refractivity contribution in [3.8, 4) is 11.8 Å². The minimum Gasteiger partial charge on any atom is -0.317 e. The molecule has 0 saturated heterocycles. The van der Waals surface area contributed by atoms with E-state index in [1.807, 2.05) is 18.2 Å². The first kappa shape index (κ1) is 11.0. The molecule has 1 aromatic heterocycles. The minimum atomic E-state index is 0.672. The third-order valence-electron chi connectivity index (χ3n) is 2.59. The lowest BCUT2D eigenvalue weighted by Crippen LogP contribution is -2.00. The zero-order chi connectivity index (χ0) is 11.7. The lowest BCUT2D eigenvalue weighted by atomic mass is 10.2. The first-order valence-corrected chi connectivity index (χ1v) is 5.78. The Labute approximate surface area is 103 Å². The van der Waals surface area contributed by atoms with Gasteiger partial charge in [-0.05, 0) is 60.1 Å². The van der Waals surface area contributed by atoms with E-state index in [9.17, 15) is 0 Å². The van der Waals surface area contributed by atoms with E-state index >= 15 is 0 Å². The van der Waals surface area contributed by atoms with Gasteiger partial charge in [0.1, 0.15) is 0 Å². The van der Waals surface area contributed by atoms with E-state index in [0.29, 0.717) is 5.56 Å². The van der Waals surface area contributed by atoms with Gasteiger partial charge in [-0.25, -0.2) is 0 Å². The molecule has 0 unspecified atom stereocenters. The van der Waals surface area contributed by atoms with Crippen molar-refractivity contribution in [2.75, 3.05) is 0 Å². The van der Waals surface area contributed by atoms with Gasteiger partial charge in [0.05, 0.1) is 17.3 Å². The van der Waals surface area contributed by atoms with Crippen LogP contribution in [0.4, 0.5) is 0 Å². The Balaban J connectivity index is 2.69. The van der Waals surface area contributed by atoms with Crippen LogP contribution in [0.15, 0.2) is 34.8 Å². The van der Waals surface area contributed by atoms with E-state index < -0.39 is 0 Å². The molecule has 0 spiro atoms. The fourth-order valence-corrected chi connectivity index (χ4v) is 2.23. The highest BCUT2D eigenvalue weighted by Gasteiger charge is 2.08. The van der Waals surface area contributed by atoms with Gasteiger partial charge in [0.2, 0.25) is 0 Å². The molecule has 2 nitrogen and oxygen atoms in total. The number of rotatable bonds is 1. The number of hydrogen-bond acceptors (Lipinski definition) is 1. The Morgan fingerprint density at radius 2 is 1.75 bits per heavy atom. The van der Waals surface area contributed by atoms with Gasteiger partial charge < -0.3 is 4.57 Å². The molecule has 0 bridgehead atoms. The molecule has 0 aliphatic carbocycles. The van der Waals surface area contributed by atoms with Crippen LogP contribution in [0.5, 0.6) is 0 Å². The molecule has 2 aromatic rings. The Kier molecular flexibility index (Phi) is 2.84. The summed E-state index contributed by atoms with van der Waals surface area (Å²) in [4.78, 5) is 0. The lowest BCUT2D eigenvalue weighted by molar-refractivity contribution is 0.959. The van der Waals surface area contributed by atoms with Crippen molar-refractivity contribution in [1.82, 2.24) is 4.57 Å². The van der Waals surface area contributed by atoms with Gasteiger partial charge in [0.25, 0.3) is 0 Å². The van der Waals surface area contributed by atoms with Gasteiger partial charge in [-0.15, -0.1) is 0 Å². The van der Waals surface area contributed by atoms with Crippen LogP contribution in [0, 0.1) is 25.2 Å². The maximum atomic E-state index is 8.91. The summed E-state index contributed by atoms with van der Waals surface area (Å²) >= 11 is 3.52. The van der Waals surface area contributed by atoms with Crippen LogP contribution in [-0.2, 0) is 0 Å². The van der Waals surface area contributed by atoms with E-state index in [1.54, 1.807) is 0 Å². The molecule has 0 atom stereocenters. The highest BCUT2D eigenvalue weighted by Crippen LogP contribution is 2.25. The van der Waals surface area contributed by atoms with Crippen molar-refractivity contribution < 1.29 is 0 Å². The largest absolute Gasteiger partial charge is 0.317 e. The number of nitriles is 1. The monoisotopic (exact) mass is 274 g/mol. The van der Waals surface area contributed by atoms with Crippen molar-refractivity contribution in [2.45, 2.75) is 13.8 Å². The van der Waals surface area contributed by atoms with Gasteiger partial charge in [-0.3, -0.25) is 0 Å². The molecular formula is C13H11BrN2. The summed E-state index contributed by atoms with van der Waals surface area (Å²) < 4.78 is 3.12. The smallest absolute Gasteiger partial charge is 0.0992 e. The van der Waals surface area contributed by atoms with Crippen molar-refractivity contribution in [1.29, 1.82) is 5.26 Å². The normalized spacial score (nSPS) is 10.1. The molecule has 0 saturated carbocycles. The summed E-state index contributed by atoms with van der Waals surface area (Å²) in [6.07, 6.45) is 0. The summed E-state index contributed by atoms with van der Waals surface area (Å²) in [7, 11) is 0. The van der Waals surface area contributed by atoms with Crippen LogP contribution >= 0.6 is 15.9 Å². The molecule has 0 aliphatic rings. The highest BCUT2D eigenvalue weighted by molar-refractivity contribution is 9.10. The Hall–Kier alpha value is -1.53. The third-order valence-corrected chi connectivity index (χ3v) is 3.26. The minimum absolute atomic E-state index is 0.672. The number of aryl methyl sites for hydroxylation is 2. The summed E-state index contributed by atoms with van der Waals surface area (Å²) in [5.74, 6) is 0. The SMILES string of the molecule is Cc1ccc(C)n1-c1cc(C#N)ccc1Br. The Morgan fingerprint density at radius 1 is 1.12 bits per heavy atom. The summed E-state index contributed by atoms with van der Waals surface area (Å²) in [6.45, 7) is 4.11. The van der Waals surface area contributed by atoms with Gasteiger partial charge in [-0.1, -0.05) is 0 Å². The molecule has 16 heavy (non-hydrogen) atoms. The summed E-state index contributed by atoms with van der Waals surface area (Å²) in [6, 6.07) is 11.9. The first-order chi connectivity index (χ1) is 7.63. The zero-order valence-electron chi connectivity index (χ0n) is 9.16. The molecule has 0 fully saturated rings. The van der Waals surface area contributed by atoms with Gasteiger partial charge in [0.15, 0.2) is 0 Å². The number of halogens is 1. The van der Waals surface area contributed by atoms with Crippen LogP contribution in [0.1, 0.15) is 17.0 Å². The van der Waals surface area contributed by atoms with Gasteiger partial charge >= 0.3 is 0 Å². The summed E-state index contributed by atoms with van der Waals surface area (Å²) in [5.41, 5.74) is 4.01. The van der Waals surface area contributed by atoms with E-state index in [4.69, 9.17) is 5.26 Å². The maximum absolute atomic E-state index is 8.91. The lowest BCUT2D eigenvalue weighted by Gasteiger charge is -2.11. The van der Waals surface area contributed by atoms with E-state index in [1.165, 1.54) is 0 Å². The van der Waals surface area contributed by atoms with Crippen molar-refractivity contribution in [2.24, 2.45) is 0 Å². The number of hydrogen-bond donors (Lipinski definition) is 0.